The fourth-order valence-corrected chi connectivity index (χ4v) is 4.42. The molecule has 0 radical (unpaired) electrons. The molecule has 1 amide bonds. The van der Waals surface area contributed by atoms with Crippen LogP contribution in [0.3, 0.4) is 0 Å². The molecule has 0 aromatic heterocycles. The highest BCUT2D eigenvalue weighted by Crippen LogP contribution is 2.23. The van der Waals surface area contributed by atoms with Gasteiger partial charge in [-0.1, -0.05) is 48.5 Å². The van der Waals surface area contributed by atoms with Gasteiger partial charge in [-0.3, -0.25) is 24.2 Å². The molecule has 0 aliphatic heterocycles. The number of benzene rings is 3. The van der Waals surface area contributed by atoms with Gasteiger partial charge in [0.25, 0.3) is 0 Å². The lowest BCUT2D eigenvalue weighted by atomic mass is 10.0. The first-order valence-electron chi connectivity index (χ1n) is 12.4. The van der Waals surface area contributed by atoms with Gasteiger partial charge in [0, 0.05) is 49.4 Å². The van der Waals surface area contributed by atoms with E-state index >= 15 is 0 Å². The van der Waals surface area contributed by atoms with Crippen molar-refractivity contribution in [3.63, 3.8) is 0 Å². The number of aliphatic carboxylic acids is 2. The molecule has 0 aliphatic carbocycles. The molecule has 3 rings (SSSR count). The zero-order chi connectivity index (χ0) is 28.4. The fraction of sp³-hybridized carbons (Fsp3) is 0.276. The van der Waals surface area contributed by atoms with Gasteiger partial charge in [0.05, 0.1) is 13.1 Å². The molecule has 0 spiro atoms. The number of aromatic hydroxyl groups is 2. The Morgan fingerprint density at radius 3 is 1.82 bits per heavy atom. The second-order valence-corrected chi connectivity index (χ2v) is 9.36. The summed E-state index contributed by atoms with van der Waals surface area (Å²) in [5, 5.41) is 42.7. The molecule has 1 unspecified atom stereocenters. The summed E-state index contributed by atoms with van der Waals surface area (Å²) in [5.74, 6) is -2.27. The highest BCUT2D eigenvalue weighted by molar-refractivity contribution is 5.88. The number of carboxylic acid groups (broad SMARTS) is 2. The normalized spacial score (nSPS) is 11.9. The summed E-state index contributed by atoms with van der Waals surface area (Å²) in [5.41, 5.74) is 2.55. The van der Waals surface area contributed by atoms with Crippen molar-refractivity contribution >= 4 is 23.5 Å². The van der Waals surface area contributed by atoms with Crippen LogP contribution in [0.25, 0.3) is 0 Å². The Morgan fingerprint density at radius 1 is 0.769 bits per heavy atom. The third-order valence-electron chi connectivity index (χ3n) is 6.18. The van der Waals surface area contributed by atoms with E-state index < -0.39 is 18.0 Å². The molecule has 0 saturated carbocycles. The first-order valence-corrected chi connectivity index (χ1v) is 12.4. The van der Waals surface area contributed by atoms with E-state index in [1.807, 2.05) is 12.1 Å². The zero-order valence-corrected chi connectivity index (χ0v) is 21.7. The van der Waals surface area contributed by atoms with Crippen molar-refractivity contribution < 1.29 is 34.8 Å². The number of phenols is 2. The number of amides is 1. The SMILES string of the molecule is CC(=O)Nc1ccc(CC(CN(CC(=O)O)Cc2ccccc2O)N(CC(=O)O)Cc2ccccc2O)cc1. The quantitative estimate of drug-likeness (QED) is 0.210. The maximum Gasteiger partial charge on any atom is 0.317 e. The number of hydrogen-bond donors (Lipinski definition) is 5. The molecule has 0 saturated heterocycles. The van der Waals surface area contributed by atoms with E-state index in [9.17, 15) is 34.8 Å². The second kappa shape index (κ2) is 13.9. The van der Waals surface area contributed by atoms with Crippen molar-refractivity contribution in [3.05, 3.63) is 89.5 Å². The maximum absolute atomic E-state index is 11.9. The van der Waals surface area contributed by atoms with E-state index in [0.717, 1.165) is 5.56 Å². The van der Waals surface area contributed by atoms with Crippen molar-refractivity contribution in [2.24, 2.45) is 0 Å². The minimum absolute atomic E-state index is 0.0305. The molecular weight excluding hydrogens is 502 g/mol. The molecule has 0 bridgehead atoms. The Hall–Kier alpha value is -4.41. The summed E-state index contributed by atoms with van der Waals surface area (Å²) in [6.45, 7) is 1.15. The summed E-state index contributed by atoms with van der Waals surface area (Å²) in [7, 11) is 0. The van der Waals surface area contributed by atoms with Gasteiger partial charge in [0.15, 0.2) is 0 Å². The monoisotopic (exact) mass is 535 g/mol. The lowest BCUT2D eigenvalue weighted by Gasteiger charge is -2.35. The summed E-state index contributed by atoms with van der Waals surface area (Å²) < 4.78 is 0. The Kier molecular flexibility index (Phi) is 10.4. The van der Waals surface area contributed by atoms with Gasteiger partial charge in [0.1, 0.15) is 11.5 Å². The molecule has 206 valence electrons. The number of nitrogens with zero attached hydrogens (tertiary/aromatic N) is 2. The van der Waals surface area contributed by atoms with Crippen LogP contribution in [0, 0.1) is 0 Å². The lowest BCUT2D eigenvalue weighted by molar-refractivity contribution is -0.141. The highest BCUT2D eigenvalue weighted by Gasteiger charge is 2.26. The molecule has 1 atom stereocenters. The first kappa shape index (κ1) is 29.2. The number of carbonyl (C=O) groups excluding carboxylic acids is 1. The summed E-state index contributed by atoms with van der Waals surface area (Å²) in [6, 6.07) is 20.0. The van der Waals surface area contributed by atoms with Gasteiger partial charge >= 0.3 is 11.9 Å². The van der Waals surface area contributed by atoms with Crippen LogP contribution in [-0.2, 0) is 33.9 Å². The predicted octanol–water partition coefficient (Wildman–Crippen LogP) is 3.14. The average molecular weight is 536 g/mol. The third kappa shape index (κ3) is 9.44. The largest absolute Gasteiger partial charge is 0.508 e. The Bertz CT molecular complexity index is 1280. The number of para-hydroxylation sites is 2. The number of phenolic OH excluding ortho intramolecular Hbond substituents is 2. The van der Waals surface area contributed by atoms with E-state index in [4.69, 9.17) is 0 Å². The Labute approximate surface area is 226 Å². The van der Waals surface area contributed by atoms with Gasteiger partial charge in [-0.25, -0.2) is 0 Å². The van der Waals surface area contributed by atoms with Crippen LogP contribution in [0.4, 0.5) is 5.69 Å². The summed E-state index contributed by atoms with van der Waals surface area (Å²) >= 11 is 0. The van der Waals surface area contributed by atoms with Crippen molar-refractivity contribution in [1.82, 2.24) is 9.80 Å². The molecule has 3 aromatic carbocycles. The van der Waals surface area contributed by atoms with Gasteiger partial charge in [0.2, 0.25) is 5.91 Å². The molecule has 5 N–H and O–H groups in total. The lowest BCUT2D eigenvalue weighted by Crippen LogP contribution is -2.47. The van der Waals surface area contributed by atoms with Crippen LogP contribution in [0.15, 0.2) is 72.8 Å². The second-order valence-electron chi connectivity index (χ2n) is 9.36. The van der Waals surface area contributed by atoms with Crippen molar-refractivity contribution in [2.45, 2.75) is 32.5 Å². The first-order chi connectivity index (χ1) is 18.6. The number of hydrogen-bond acceptors (Lipinski definition) is 7. The van der Waals surface area contributed by atoms with E-state index in [-0.39, 0.29) is 50.1 Å². The Morgan fingerprint density at radius 2 is 1.31 bits per heavy atom. The zero-order valence-electron chi connectivity index (χ0n) is 21.7. The van der Waals surface area contributed by atoms with Crippen LogP contribution in [-0.4, -0.2) is 73.7 Å². The van der Waals surface area contributed by atoms with E-state index in [0.29, 0.717) is 23.2 Å². The minimum Gasteiger partial charge on any atom is -0.508 e. The number of carbonyl (C=O) groups is 3. The van der Waals surface area contributed by atoms with Crippen molar-refractivity contribution in [1.29, 1.82) is 0 Å². The maximum atomic E-state index is 11.9. The molecule has 10 heteroatoms. The van der Waals surface area contributed by atoms with Crippen LogP contribution in [0.2, 0.25) is 0 Å². The molecule has 0 heterocycles. The number of anilines is 1. The Balaban J connectivity index is 1.96. The smallest absolute Gasteiger partial charge is 0.317 e. The van der Waals surface area contributed by atoms with Crippen molar-refractivity contribution in [2.75, 3.05) is 25.0 Å². The van der Waals surface area contributed by atoms with Crippen molar-refractivity contribution in [3.8, 4) is 11.5 Å². The number of rotatable bonds is 14. The molecule has 3 aromatic rings. The van der Waals surface area contributed by atoms with Crippen LogP contribution >= 0.6 is 0 Å². The number of carboxylic acids is 2. The topological polar surface area (TPSA) is 151 Å². The van der Waals surface area contributed by atoms with Gasteiger partial charge in [-0.15, -0.1) is 0 Å². The van der Waals surface area contributed by atoms with E-state index in [2.05, 4.69) is 5.32 Å². The molecular formula is C29H33N3O7. The predicted molar refractivity (Wildman–Crippen MR) is 145 cm³/mol. The van der Waals surface area contributed by atoms with E-state index in [1.54, 1.807) is 58.3 Å². The van der Waals surface area contributed by atoms with Gasteiger partial charge in [-0.05, 0) is 36.2 Å². The standard InChI is InChI=1S/C29H33N3O7/c1-20(33)30-24-12-10-21(11-13-24)14-25(32(19-29(38)39)16-23-7-3-5-9-27(23)35)17-31(18-28(36)37)15-22-6-2-4-8-26(22)34/h2-13,25,34-35H,14-19H2,1H3,(H,30,33)(H,36,37)(H,38,39). The molecule has 0 aliphatic rings. The van der Waals surface area contributed by atoms with Crippen LogP contribution in [0.1, 0.15) is 23.6 Å². The molecule has 39 heavy (non-hydrogen) atoms. The van der Waals surface area contributed by atoms with Crippen LogP contribution in [0.5, 0.6) is 11.5 Å². The summed E-state index contributed by atoms with van der Waals surface area (Å²) in [6.07, 6.45) is 0.359. The molecule has 10 nitrogen and oxygen atoms in total. The highest BCUT2D eigenvalue weighted by atomic mass is 16.4. The fourth-order valence-electron chi connectivity index (χ4n) is 4.42. The third-order valence-corrected chi connectivity index (χ3v) is 6.18. The number of nitrogens with one attached hydrogen (secondary N) is 1. The average Bonchev–Trinajstić information content (AvgIpc) is 2.86. The van der Waals surface area contributed by atoms with Gasteiger partial charge < -0.3 is 25.7 Å². The van der Waals surface area contributed by atoms with E-state index in [1.165, 1.54) is 19.1 Å². The molecule has 0 fully saturated rings. The van der Waals surface area contributed by atoms with Gasteiger partial charge in [-0.2, -0.15) is 0 Å². The minimum atomic E-state index is -1.07. The summed E-state index contributed by atoms with van der Waals surface area (Å²) in [4.78, 5) is 38.4. The van der Waals surface area contributed by atoms with Crippen LogP contribution < -0.4 is 5.32 Å².